The summed E-state index contributed by atoms with van der Waals surface area (Å²) < 4.78 is 0. The minimum atomic E-state index is -0.419. The summed E-state index contributed by atoms with van der Waals surface area (Å²) in [5.41, 5.74) is 9.82. The first-order valence-electron chi connectivity index (χ1n) is 9.41. The Hall–Kier alpha value is -3.62. The van der Waals surface area contributed by atoms with E-state index in [1.807, 2.05) is 24.3 Å². The van der Waals surface area contributed by atoms with Crippen LogP contribution in [0, 0.1) is 20.2 Å². The molecule has 0 aromatic heterocycles. The maximum Gasteiger partial charge on any atom is 0.269 e. The zero-order valence-corrected chi connectivity index (χ0v) is 16.3. The van der Waals surface area contributed by atoms with Crippen LogP contribution in [0.15, 0.2) is 72.8 Å². The fourth-order valence-electron chi connectivity index (χ4n) is 3.17. The minimum Gasteiger partial charge on any atom is -0.326 e. The summed E-state index contributed by atoms with van der Waals surface area (Å²) in [6.45, 7) is 2.29. The average Bonchev–Trinajstić information content (AvgIpc) is 2.75. The van der Waals surface area contributed by atoms with Crippen molar-refractivity contribution in [2.45, 2.75) is 26.2 Å². The Bertz CT molecular complexity index is 943. The van der Waals surface area contributed by atoms with Gasteiger partial charge in [-0.3, -0.25) is 25.1 Å². The van der Waals surface area contributed by atoms with Gasteiger partial charge in [0.25, 0.3) is 11.4 Å². The number of rotatable bonds is 9. The Morgan fingerprint density at radius 2 is 0.900 bits per heavy atom. The van der Waals surface area contributed by atoms with Gasteiger partial charge in [-0.1, -0.05) is 48.5 Å². The van der Waals surface area contributed by atoms with Gasteiger partial charge in [0, 0.05) is 50.4 Å². The van der Waals surface area contributed by atoms with Crippen molar-refractivity contribution in [2.24, 2.45) is 5.73 Å². The van der Waals surface area contributed by atoms with E-state index in [9.17, 15) is 20.2 Å². The molecule has 3 aromatic carbocycles. The Balaban J connectivity index is 1.79. The van der Waals surface area contributed by atoms with Crippen molar-refractivity contribution in [3.8, 4) is 0 Å². The molecule has 0 fully saturated rings. The number of hydrogen-bond donors (Lipinski definition) is 1. The number of hydrogen-bond acceptors (Lipinski definition) is 6. The van der Waals surface area contributed by atoms with E-state index in [1.54, 1.807) is 24.3 Å². The Kier molecular flexibility index (Phi) is 6.84. The summed E-state index contributed by atoms with van der Waals surface area (Å²) in [6, 6.07) is 21.0. The van der Waals surface area contributed by atoms with Crippen LogP contribution in [0.3, 0.4) is 0 Å². The number of nitro benzene ring substituents is 2. The SMILES string of the molecule is NCc1ccc(CN(Cc2ccc([N+](=O)[O-])cc2)Cc2ccc([N+](=O)[O-])cc2)cc1. The number of nitrogens with two attached hydrogens (primary N) is 1. The van der Waals surface area contributed by atoms with Crippen LogP contribution in [0.25, 0.3) is 0 Å². The standard InChI is InChI=1S/C22H22N4O4/c23-13-17-1-3-18(4-2-17)14-24(15-19-5-9-21(10-6-19)25(27)28)16-20-7-11-22(12-8-20)26(29)30/h1-12H,13-16,23H2. The largest absolute Gasteiger partial charge is 0.326 e. The first-order valence-corrected chi connectivity index (χ1v) is 9.41. The fourth-order valence-corrected chi connectivity index (χ4v) is 3.17. The molecule has 8 heteroatoms. The van der Waals surface area contributed by atoms with Crippen molar-refractivity contribution in [1.29, 1.82) is 0 Å². The van der Waals surface area contributed by atoms with E-state index in [4.69, 9.17) is 5.73 Å². The molecule has 0 aliphatic carbocycles. The quantitative estimate of drug-likeness (QED) is 0.421. The van der Waals surface area contributed by atoms with Crippen LogP contribution >= 0.6 is 0 Å². The molecule has 8 nitrogen and oxygen atoms in total. The molecule has 0 unspecified atom stereocenters. The van der Waals surface area contributed by atoms with Crippen LogP contribution in [-0.4, -0.2) is 14.7 Å². The molecular weight excluding hydrogens is 384 g/mol. The zero-order valence-electron chi connectivity index (χ0n) is 16.3. The maximum atomic E-state index is 10.9. The molecule has 2 N–H and O–H groups in total. The molecule has 0 heterocycles. The number of benzene rings is 3. The lowest BCUT2D eigenvalue weighted by molar-refractivity contribution is -0.385. The van der Waals surface area contributed by atoms with E-state index in [0.717, 1.165) is 22.3 Å². The third-order valence-electron chi connectivity index (χ3n) is 4.77. The van der Waals surface area contributed by atoms with E-state index < -0.39 is 9.85 Å². The maximum absolute atomic E-state index is 10.9. The summed E-state index contributed by atoms with van der Waals surface area (Å²) in [6.07, 6.45) is 0. The molecule has 3 rings (SSSR count). The van der Waals surface area contributed by atoms with Crippen molar-refractivity contribution in [3.05, 3.63) is 115 Å². The van der Waals surface area contributed by atoms with Crippen LogP contribution in [0.2, 0.25) is 0 Å². The summed E-state index contributed by atoms with van der Waals surface area (Å²) in [7, 11) is 0. The van der Waals surface area contributed by atoms with Crippen LogP contribution < -0.4 is 5.73 Å². The molecule has 154 valence electrons. The van der Waals surface area contributed by atoms with E-state index in [2.05, 4.69) is 4.90 Å². The highest BCUT2D eigenvalue weighted by Gasteiger charge is 2.12. The van der Waals surface area contributed by atoms with Gasteiger partial charge >= 0.3 is 0 Å². The minimum absolute atomic E-state index is 0.0537. The van der Waals surface area contributed by atoms with E-state index in [0.29, 0.717) is 26.2 Å². The Morgan fingerprint density at radius 1 is 0.600 bits per heavy atom. The molecule has 0 aliphatic rings. The second kappa shape index (κ2) is 9.73. The van der Waals surface area contributed by atoms with Crippen LogP contribution in [0.5, 0.6) is 0 Å². The predicted octanol–water partition coefficient (Wildman–Crippen LogP) is 4.16. The monoisotopic (exact) mass is 406 g/mol. The van der Waals surface area contributed by atoms with Gasteiger partial charge in [-0.25, -0.2) is 0 Å². The van der Waals surface area contributed by atoms with E-state index >= 15 is 0 Å². The molecule has 0 spiro atoms. The van der Waals surface area contributed by atoms with Gasteiger partial charge in [0.05, 0.1) is 9.85 Å². The molecule has 0 aliphatic heterocycles. The molecule has 0 bridgehead atoms. The molecule has 0 amide bonds. The molecule has 3 aromatic rings. The third kappa shape index (κ3) is 5.69. The van der Waals surface area contributed by atoms with Crippen LogP contribution in [-0.2, 0) is 26.2 Å². The summed E-state index contributed by atoms with van der Waals surface area (Å²) >= 11 is 0. The van der Waals surface area contributed by atoms with E-state index in [-0.39, 0.29) is 11.4 Å². The van der Waals surface area contributed by atoms with Gasteiger partial charge < -0.3 is 5.73 Å². The van der Waals surface area contributed by atoms with E-state index in [1.165, 1.54) is 24.3 Å². The topological polar surface area (TPSA) is 116 Å². The lowest BCUT2D eigenvalue weighted by Crippen LogP contribution is -2.22. The zero-order chi connectivity index (χ0) is 21.5. The van der Waals surface area contributed by atoms with Gasteiger partial charge in [0.2, 0.25) is 0 Å². The average molecular weight is 406 g/mol. The third-order valence-corrected chi connectivity index (χ3v) is 4.77. The number of nitrogens with zero attached hydrogens (tertiary/aromatic N) is 3. The normalized spacial score (nSPS) is 10.9. The summed E-state index contributed by atoms with van der Waals surface area (Å²) in [4.78, 5) is 23.1. The van der Waals surface area contributed by atoms with Gasteiger partial charge in [-0.05, 0) is 22.3 Å². The second-order valence-electron chi connectivity index (χ2n) is 7.01. The van der Waals surface area contributed by atoms with Gasteiger partial charge in [0.15, 0.2) is 0 Å². The smallest absolute Gasteiger partial charge is 0.269 e. The van der Waals surface area contributed by atoms with Crippen molar-refractivity contribution < 1.29 is 9.85 Å². The number of non-ortho nitro benzene ring substituents is 2. The fraction of sp³-hybridized carbons (Fsp3) is 0.182. The second-order valence-corrected chi connectivity index (χ2v) is 7.01. The predicted molar refractivity (Wildman–Crippen MR) is 113 cm³/mol. The molecular formula is C22H22N4O4. The molecule has 0 saturated heterocycles. The molecule has 0 radical (unpaired) electrons. The number of nitro groups is 2. The van der Waals surface area contributed by atoms with Crippen LogP contribution in [0.1, 0.15) is 22.3 Å². The van der Waals surface area contributed by atoms with Crippen molar-refractivity contribution in [2.75, 3.05) is 0 Å². The lowest BCUT2D eigenvalue weighted by Gasteiger charge is -2.23. The summed E-state index contributed by atoms with van der Waals surface area (Å²) in [5.74, 6) is 0. The molecule has 0 atom stereocenters. The Morgan fingerprint density at radius 3 is 1.20 bits per heavy atom. The first-order chi connectivity index (χ1) is 14.4. The van der Waals surface area contributed by atoms with Gasteiger partial charge in [-0.2, -0.15) is 0 Å². The van der Waals surface area contributed by atoms with Gasteiger partial charge in [-0.15, -0.1) is 0 Å². The summed E-state index contributed by atoms with van der Waals surface area (Å²) in [5, 5.41) is 21.8. The molecule has 0 saturated carbocycles. The van der Waals surface area contributed by atoms with Crippen molar-refractivity contribution in [3.63, 3.8) is 0 Å². The van der Waals surface area contributed by atoms with Crippen molar-refractivity contribution in [1.82, 2.24) is 4.90 Å². The molecule has 30 heavy (non-hydrogen) atoms. The highest BCUT2D eigenvalue weighted by Crippen LogP contribution is 2.19. The van der Waals surface area contributed by atoms with Crippen LogP contribution in [0.4, 0.5) is 11.4 Å². The Labute approximate surface area is 173 Å². The van der Waals surface area contributed by atoms with Crippen molar-refractivity contribution >= 4 is 11.4 Å². The highest BCUT2D eigenvalue weighted by molar-refractivity contribution is 5.34. The lowest BCUT2D eigenvalue weighted by atomic mass is 10.1. The first kappa shape index (κ1) is 21.1. The van der Waals surface area contributed by atoms with Gasteiger partial charge in [0.1, 0.15) is 0 Å². The highest BCUT2D eigenvalue weighted by atomic mass is 16.6.